The van der Waals surface area contributed by atoms with Crippen LogP contribution in [0.1, 0.15) is 5.56 Å². The number of phenols is 1. The fraction of sp³-hybridized carbons (Fsp3) is 0.133. The Morgan fingerprint density at radius 1 is 1.11 bits per heavy atom. The SMILES string of the molecule is Cc1ccccc1NC(=O)N(C)c1ccc(O)cc1. The van der Waals surface area contributed by atoms with Gasteiger partial charge in [-0.2, -0.15) is 0 Å². The van der Waals surface area contributed by atoms with E-state index >= 15 is 0 Å². The summed E-state index contributed by atoms with van der Waals surface area (Å²) in [6.07, 6.45) is 0. The van der Waals surface area contributed by atoms with Crippen LogP contribution in [0.5, 0.6) is 5.75 Å². The molecular weight excluding hydrogens is 240 g/mol. The van der Waals surface area contributed by atoms with Crippen molar-refractivity contribution in [1.82, 2.24) is 0 Å². The smallest absolute Gasteiger partial charge is 0.326 e. The molecule has 2 N–H and O–H groups in total. The molecule has 0 spiro atoms. The van der Waals surface area contributed by atoms with Crippen LogP contribution in [0, 0.1) is 6.92 Å². The van der Waals surface area contributed by atoms with Gasteiger partial charge in [0.1, 0.15) is 5.75 Å². The van der Waals surface area contributed by atoms with Gasteiger partial charge in [-0.3, -0.25) is 4.90 Å². The Bertz CT molecular complexity index is 579. The van der Waals surface area contributed by atoms with E-state index in [2.05, 4.69) is 5.32 Å². The third-order valence-corrected chi connectivity index (χ3v) is 2.93. The molecule has 19 heavy (non-hydrogen) atoms. The second-order valence-electron chi connectivity index (χ2n) is 4.32. The maximum atomic E-state index is 12.1. The minimum Gasteiger partial charge on any atom is -0.508 e. The van der Waals surface area contributed by atoms with Crippen LogP contribution in [-0.2, 0) is 0 Å². The van der Waals surface area contributed by atoms with Crippen molar-refractivity contribution in [2.75, 3.05) is 17.3 Å². The Morgan fingerprint density at radius 2 is 1.74 bits per heavy atom. The van der Waals surface area contributed by atoms with E-state index in [1.54, 1.807) is 31.3 Å². The molecule has 0 heterocycles. The average Bonchev–Trinajstić information content (AvgIpc) is 2.41. The van der Waals surface area contributed by atoms with Crippen molar-refractivity contribution in [3.63, 3.8) is 0 Å². The first-order chi connectivity index (χ1) is 9.08. The van der Waals surface area contributed by atoms with Gasteiger partial charge in [0.2, 0.25) is 0 Å². The van der Waals surface area contributed by atoms with Crippen LogP contribution in [0.3, 0.4) is 0 Å². The zero-order valence-electron chi connectivity index (χ0n) is 10.9. The summed E-state index contributed by atoms with van der Waals surface area (Å²) in [5.41, 5.74) is 2.51. The van der Waals surface area contributed by atoms with Crippen LogP contribution in [0.15, 0.2) is 48.5 Å². The number of carbonyl (C=O) groups is 1. The van der Waals surface area contributed by atoms with Gasteiger partial charge in [0.05, 0.1) is 0 Å². The fourth-order valence-corrected chi connectivity index (χ4v) is 1.71. The Kier molecular flexibility index (Phi) is 3.71. The summed E-state index contributed by atoms with van der Waals surface area (Å²) in [6, 6.07) is 13.9. The van der Waals surface area contributed by atoms with Crippen molar-refractivity contribution >= 4 is 17.4 Å². The van der Waals surface area contributed by atoms with E-state index in [0.29, 0.717) is 5.69 Å². The average molecular weight is 256 g/mol. The third kappa shape index (κ3) is 3.04. The molecule has 0 bridgehead atoms. The number of aryl methyl sites for hydroxylation is 1. The highest BCUT2D eigenvalue weighted by Gasteiger charge is 2.11. The topological polar surface area (TPSA) is 52.6 Å². The van der Waals surface area contributed by atoms with Gasteiger partial charge in [0.25, 0.3) is 0 Å². The van der Waals surface area contributed by atoms with Gasteiger partial charge in [-0.25, -0.2) is 4.79 Å². The first-order valence-corrected chi connectivity index (χ1v) is 5.97. The van der Waals surface area contributed by atoms with Crippen molar-refractivity contribution in [2.45, 2.75) is 6.92 Å². The summed E-state index contributed by atoms with van der Waals surface area (Å²) in [5.74, 6) is 0.177. The van der Waals surface area contributed by atoms with Crippen molar-refractivity contribution in [3.8, 4) is 5.75 Å². The molecule has 0 radical (unpaired) electrons. The Labute approximate surface area is 112 Å². The van der Waals surface area contributed by atoms with Crippen LogP contribution in [0.4, 0.5) is 16.2 Å². The number of benzene rings is 2. The van der Waals surface area contributed by atoms with Gasteiger partial charge in [-0.15, -0.1) is 0 Å². The summed E-state index contributed by atoms with van der Waals surface area (Å²) >= 11 is 0. The lowest BCUT2D eigenvalue weighted by molar-refractivity contribution is 0.258. The molecule has 2 rings (SSSR count). The molecule has 2 aromatic carbocycles. The summed E-state index contributed by atoms with van der Waals surface area (Å²) in [4.78, 5) is 13.6. The summed E-state index contributed by atoms with van der Waals surface area (Å²) in [5, 5.41) is 12.1. The second-order valence-corrected chi connectivity index (χ2v) is 4.32. The van der Waals surface area contributed by atoms with Crippen molar-refractivity contribution in [2.24, 2.45) is 0 Å². The van der Waals surface area contributed by atoms with Crippen LogP contribution in [-0.4, -0.2) is 18.2 Å². The van der Waals surface area contributed by atoms with E-state index in [9.17, 15) is 9.90 Å². The quantitative estimate of drug-likeness (QED) is 0.865. The van der Waals surface area contributed by atoms with E-state index < -0.39 is 0 Å². The predicted octanol–water partition coefficient (Wildman–Crippen LogP) is 3.37. The summed E-state index contributed by atoms with van der Waals surface area (Å²) in [6.45, 7) is 1.94. The number of hydrogen-bond donors (Lipinski definition) is 2. The number of amides is 2. The molecule has 4 nitrogen and oxygen atoms in total. The molecule has 0 aliphatic rings. The van der Waals surface area contributed by atoms with Crippen molar-refractivity contribution < 1.29 is 9.90 Å². The number of rotatable bonds is 2. The lowest BCUT2D eigenvalue weighted by atomic mass is 10.2. The fourth-order valence-electron chi connectivity index (χ4n) is 1.71. The van der Waals surface area contributed by atoms with E-state index in [4.69, 9.17) is 0 Å². The zero-order chi connectivity index (χ0) is 13.8. The lowest BCUT2D eigenvalue weighted by Gasteiger charge is -2.18. The highest BCUT2D eigenvalue weighted by molar-refractivity contribution is 6.01. The standard InChI is InChI=1S/C15H16N2O2/c1-11-5-3-4-6-14(11)16-15(19)17(2)12-7-9-13(18)10-8-12/h3-10,18H,1-2H3,(H,16,19). The highest BCUT2D eigenvalue weighted by atomic mass is 16.3. The molecular formula is C15H16N2O2. The molecule has 0 aliphatic heterocycles. The number of nitrogens with one attached hydrogen (secondary N) is 1. The number of carbonyl (C=O) groups excluding carboxylic acids is 1. The number of aromatic hydroxyl groups is 1. The summed E-state index contributed by atoms with van der Waals surface area (Å²) in [7, 11) is 1.68. The number of hydrogen-bond acceptors (Lipinski definition) is 2. The van der Waals surface area contributed by atoms with Gasteiger partial charge < -0.3 is 10.4 Å². The monoisotopic (exact) mass is 256 g/mol. The van der Waals surface area contributed by atoms with Crippen LogP contribution in [0.2, 0.25) is 0 Å². The third-order valence-electron chi connectivity index (χ3n) is 2.93. The molecule has 0 fully saturated rings. The van der Waals surface area contributed by atoms with Crippen molar-refractivity contribution in [1.29, 1.82) is 0 Å². The largest absolute Gasteiger partial charge is 0.508 e. The van der Waals surface area contributed by atoms with E-state index in [1.807, 2.05) is 31.2 Å². The van der Waals surface area contributed by atoms with E-state index in [1.165, 1.54) is 4.90 Å². The van der Waals surface area contributed by atoms with Gasteiger partial charge in [0.15, 0.2) is 0 Å². The normalized spacial score (nSPS) is 10.0. The molecule has 0 aliphatic carbocycles. The van der Waals surface area contributed by atoms with Crippen LogP contribution >= 0.6 is 0 Å². The number of para-hydroxylation sites is 1. The number of phenolic OH excluding ortho intramolecular Hbond substituents is 1. The second kappa shape index (κ2) is 5.44. The molecule has 98 valence electrons. The predicted molar refractivity (Wildman–Crippen MR) is 76.7 cm³/mol. The van der Waals surface area contributed by atoms with Gasteiger partial charge >= 0.3 is 6.03 Å². The molecule has 2 amide bonds. The molecule has 0 atom stereocenters. The molecule has 2 aromatic rings. The van der Waals surface area contributed by atoms with E-state index in [0.717, 1.165) is 11.3 Å². The molecule has 0 unspecified atom stereocenters. The lowest BCUT2D eigenvalue weighted by Crippen LogP contribution is -2.31. The highest BCUT2D eigenvalue weighted by Crippen LogP contribution is 2.19. The zero-order valence-corrected chi connectivity index (χ0v) is 10.9. The van der Waals surface area contributed by atoms with Crippen LogP contribution < -0.4 is 10.2 Å². The minimum absolute atomic E-state index is 0.177. The van der Waals surface area contributed by atoms with E-state index in [-0.39, 0.29) is 11.8 Å². The molecule has 0 saturated carbocycles. The Morgan fingerprint density at radius 3 is 2.37 bits per heavy atom. The van der Waals surface area contributed by atoms with Gasteiger partial charge in [-0.1, -0.05) is 18.2 Å². The Balaban J connectivity index is 2.12. The van der Waals surface area contributed by atoms with Gasteiger partial charge in [0, 0.05) is 18.4 Å². The number of urea groups is 1. The molecule has 4 heteroatoms. The number of anilines is 2. The first-order valence-electron chi connectivity index (χ1n) is 5.97. The molecule has 0 saturated heterocycles. The molecule has 0 aromatic heterocycles. The maximum absolute atomic E-state index is 12.1. The van der Waals surface area contributed by atoms with Crippen LogP contribution in [0.25, 0.3) is 0 Å². The summed E-state index contributed by atoms with van der Waals surface area (Å²) < 4.78 is 0. The van der Waals surface area contributed by atoms with Gasteiger partial charge in [-0.05, 0) is 42.8 Å². The first kappa shape index (κ1) is 13.0. The minimum atomic E-state index is -0.222. The number of nitrogens with zero attached hydrogens (tertiary/aromatic N) is 1. The maximum Gasteiger partial charge on any atom is 0.326 e. The van der Waals surface area contributed by atoms with Crippen molar-refractivity contribution in [3.05, 3.63) is 54.1 Å². The Hall–Kier alpha value is -2.49.